The number of H-pyrrole nitrogens is 1. The maximum absolute atomic E-state index is 11.8. The Labute approximate surface area is 157 Å². The predicted molar refractivity (Wildman–Crippen MR) is 100 cm³/mol. The number of piperidine rings is 1. The first kappa shape index (κ1) is 17.7. The summed E-state index contributed by atoms with van der Waals surface area (Å²) in [6, 6.07) is 2.24. The van der Waals surface area contributed by atoms with E-state index in [1.165, 1.54) is 17.0 Å². The van der Waals surface area contributed by atoms with Crippen LogP contribution in [0.3, 0.4) is 0 Å². The third-order valence-electron chi connectivity index (χ3n) is 5.59. The van der Waals surface area contributed by atoms with Crippen LogP contribution in [0.15, 0.2) is 23.5 Å². The lowest BCUT2D eigenvalue weighted by atomic mass is 9.95. The summed E-state index contributed by atoms with van der Waals surface area (Å²) in [5.41, 5.74) is 3.60. The van der Waals surface area contributed by atoms with Gasteiger partial charge in [-0.1, -0.05) is 0 Å². The van der Waals surface area contributed by atoms with Crippen LogP contribution >= 0.6 is 0 Å². The third-order valence-corrected chi connectivity index (χ3v) is 5.59. The molecule has 0 spiro atoms. The molecule has 144 valence electrons. The van der Waals surface area contributed by atoms with Crippen LogP contribution in [0, 0.1) is 13.8 Å². The molecule has 0 unspecified atom stereocenters. The van der Waals surface area contributed by atoms with Gasteiger partial charge in [0.05, 0.1) is 0 Å². The highest BCUT2D eigenvalue weighted by Gasteiger charge is 2.25. The van der Waals surface area contributed by atoms with E-state index in [0.717, 1.165) is 38.3 Å². The summed E-state index contributed by atoms with van der Waals surface area (Å²) < 4.78 is 5.79. The van der Waals surface area contributed by atoms with Crippen molar-refractivity contribution in [1.29, 1.82) is 0 Å². The second-order valence-electron chi connectivity index (χ2n) is 7.23. The van der Waals surface area contributed by atoms with Gasteiger partial charge < -0.3 is 0 Å². The van der Waals surface area contributed by atoms with Crippen molar-refractivity contribution in [2.45, 2.75) is 52.6 Å². The molecule has 0 aliphatic carbocycles. The summed E-state index contributed by atoms with van der Waals surface area (Å²) in [6.45, 7) is 9.83. The molecule has 0 atom stereocenters. The Morgan fingerprint density at radius 1 is 1.19 bits per heavy atom. The van der Waals surface area contributed by atoms with Gasteiger partial charge in [-0.05, 0) is 58.3 Å². The first-order valence-corrected chi connectivity index (χ1v) is 9.49. The number of nitrogens with one attached hydrogen (secondary N) is 1. The fraction of sp³-hybridized carbons (Fsp3) is 0.556. The normalized spacial score (nSPS) is 16.3. The standard InChI is InChI=1S/C18H26N8O/c1-4-25-17(21-22-18(25)27)15-5-7-23(8-6-15)10-16-9-13(2)26(14(16)3)24-11-19-20-12-24/h9,11-12,15H,4-8,10H2,1-3H3,(H,22,27). The van der Waals surface area contributed by atoms with E-state index in [1.807, 2.05) is 11.6 Å². The fourth-order valence-electron chi connectivity index (χ4n) is 4.17. The molecule has 9 heteroatoms. The van der Waals surface area contributed by atoms with Gasteiger partial charge in [-0.15, -0.1) is 10.2 Å². The van der Waals surface area contributed by atoms with Gasteiger partial charge in [0.2, 0.25) is 0 Å². The Hall–Kier alpha value is -2.68. The number of nitrogens with zero attached hydrogens (tertiary/aromatic N) is 7. The summed E-state index contributed by atoms with van der Waals surface area (Å²) in [5, 5.41) is 14.7. The number of hydrogen-bond acceptors (Lipinski definition) is 5. The second-order valence-corrected chi connectivity index (χ2v) is 7.23. The van der Waals surface area contributed by atoms with Crippen LogP contribution in [0.5, 0.6) is 0 Å². The lowest BCUT2D eigenvalue weighted by molar-refractivity contribution is 0.199. The van der Waals surface area contributed by atoms with Crippen molar-refractivity contribution in [2.75, 3.05) is 13.1 Å². The molecule has 27 heavy (non-hydrogen) atoms. The van der Waals surface area contributed by atoms with Crippen molar-refractivity contribution >= 4 is 0 Å². The number of aryl methyl sites for hydroxylation is 1. The molecule has 3 aromatic heterocycles. The zero-order valence-electron chi connectivity index (χ0n) is 16.1. The number of aromatic nitrogens is 7. The molecule has 1 fully saturated rings. The van der Waals surface area contributed by atoms with Crippen molar-refractivity contribution in [1.82, 2.24) is 39.2 Å². The molecule has 1 aliphatic rings. The van der Waals surface area contributed by atoms with Crippen LogP contribution in [0.4, 0.5) is 0 Å². The van der Waals surface area contributed by atoms with Crippen molar-refractivity contribution < 1.29 is 0 Å². The maximum Gasteiger partial charge on any atom is 0.343 e. The van der Waals surface area contributed by atoms with Crippen LogP contribution in [-0.4, -0.2) is 52.3 Å². The first-order valence-electron chi connectivity index (χ1n) is 9.49. The minimum atomic E-state index is -0.101. The van der Waals surface area contributed by atoms with Gasteiger partial charge in [0.1, 0.15) is 18.5 Å². The summed E-state index contributed by atoms with van der Waals surface area (Å²) >= 11 is 0. The minimum Gasteiger partial charge on any atom is -0.299 e. The predicted octanol–water partition coefficient (Wildman–Crippen LogP) is 1.29. The van der Waals surface area contributed by atoms with E-state index in [2.05, 4.69) is 49.9 Å². The first-order chi connectivity index (χ1) is 13.1. The largest absolute Gasteiger partial charge is 0.343 e. The van der Waals surface area contributed by atoms with Crippen LogP contribution in [-0.2, 0) is 13.1 Å². The maximum atomic E-state index is 11.8. The zero-order chi connectivity index (χ0) is 19.0. The molecule has 0 bridgehead atoms. The summed E-state index contributed by atoms with van der Waals surface area (Å²) in [7, 11) is 0. The highest BCUT2D eigenvalue weighted by Crippen LogP contribution is 2.27. The molecule has 3 aromatic rings. The van der Waals surface area contributed by atoms with E-state index in [-0.39, 0.29) is 5.69 Å². The molecule has 0 saturated carbocycles. The lowest BCUT2D eigenvalue weighted by Crippen LogP contribution is -2.34. The van der Waals surface area contributed by atoms with E-state index >= 15 is 0 Å². The van der Waals surface area contributed by atoms with Gasteiger partial charge >= 0.3 is 5.69 Å². The van der Waals surface area contributed by atoms with Crippen LogP contribution in [0.25, 0.3) is 0 Å². The van der Waals surface area contributed by atoms with Gasteiger partial charge in [-0.2, -0.15) is 5.10 Å². The zero-order valence-corrected chi connectivity index (χ0v) is 16.1. The number of hydrogen-bond donors (Lipinski definition) is 1. The Balaban J connectivity index is 1.44. The molecule has 0 radical (unpaired) electrons. The molecule has 0 aromatic carbocycles. The lowest BCUT2D eigenvalue weighted by Gasteiger charge is -2.31. The van der Waals surface area contributed by atoms with E-state index in [1.54, 1.807) is 17.2 Å². The Morgan fingerprint density at radius 3 is 2.56 bits per heavy atom. The Morgan fingerprint density at radius 2 is 1.89 bits per heavy atom. The van der Waals surface area contributed by atoms with E-state index in [0.29, 0.717) is 12.5 Å². The Bertz CT molecular complexity index is 956. The van der Waals surface area contributed by atoms with E-state index < -0.39 is 0 Å². The number of aromatic amines is 1. The molecule has 1 N–H and O–H groups in total. The summed E-state index contributed by atoms with van der Waals surface area (Å²) in [4.78, 5) is 14.3. The summed E-state index contributed by atoms with van der Waals surface area (Å²) in [5.74, 6) is 1.26. The SMILES string of the molecule is CCn1c(C2CCN(Cc3cc(C)n(-n4cnnc4)c3C)CC2)n[nH]c1=O. The van der Waals surface area contributed by atoms with Crippen molar-refractivity contribution in [2.24, 2.45) is 0 Å². The smallest absolute Gasteiger partial charge is 0.299 e. The molecule has 4 rings (SSSR count). The van der Waals surface area contributed by atoms with Gasteiger partial charge in [0.25, 0.3) is 0 Å². The van der Waals surface area contributed by atoms with Gasteiger partial charge in [0.15, 0.2) is 0 Å². The molecule has 1 saturated heterocycles. The van der Waals surface area contributed by atoms with E-state index in [4.69, 9.17) is 0 Å². The fourth-order valence-corrected chi connectivity index (χ4v) is 4.17. The molecule has 9 nitrogen and oxygen atoms in total. The third kappa shape index (κ3) is 3.23. The molecular weight excluding hydrogens is 344 g/mol. The quantitative estimate of drug-likeness (QED) is 0.731. The van der Waals surface area contributed by atoms with Gasteiger partial charge in [0, 0.05) is 30.4 Å². The van der Waals surface area contributed by atoms with Crippen LogP contribution in [0.1, 0.15) is 48.5 Å². The summed E-state index contributed by atoms with van der Waals surface area (Å²) in [6.07, 6.45) is 5.47. The minimum absolute atomic E-state index is 0.101. The molecular formula is C18H26N8O. The number of rotatable bonds is 5. The van der Waals surface area contributed by atoms with Gasteiger partial charge in [-0.25, -0.2) is 14.6 Å². The average molecular weight is 370 g/mol. The van der Waals surface area contributed by atoms with Crippen molar-refractivity contribution in [3.63, 3.8) is 0 Å². The van der Waals surface area contributed by atoms with Crippen molar-refractivity contribution in [3.8, 4) is 0 Å². The van der Waals surface area contributed by atoms with Crippen molar-refractivity contribution in [3.05, 3.63) is 52.0 Å². The Kier molecular flexibility index (Phi) is 4.69. The molecule has 0 amide bonds. The monoisotopic (exact) mass is 370 g/mol. The van der Waals surface area contributed by atoms with Crippen LogP contribution < -0.4 is 5.69 Å². The average Bonchev–Trinajstić information content (AvgIpc) is 3.36. The van der Waals surface area contributed by atoms with Gasteiger partial charge in [-0.3, -0.25) is 14.1 Å². The highest BCUT2D eigenvalue weighted by atomic mass is 16.1. The topological polar surface area (TPSA) is 89.6 Å². The highest BCUT2D eigenvalue weighted by molar-refractivity contribution is 5.27. The van der Waals surface area contributed by atoms with E-state index in [9.17, 15) is 4.79 Å². The second kappa shape index (κ2) is 7.15. The van der Waals surface area contributed by atoms with Crippen LogP contribution in [0.2, 0.25) is 0 Å². The molecule has 4 heterocycles. The molecule has 1 aliphatic heterocycles. The number of likely N-dealkylation sites (tertiary alicyclic amines) is 1.